The van der Waals surface area contributed by atoms with Crippen LogP contribution < -0.4 is 10.5 Å². The molecule has 1 fully saturated rings. The van der Waals surface area contributed by atoms with Crippen molar-refractivity contribution in [1.29, 1.82) is 0 Å². The zero-order valence-electron chi connectivity index (χ0n) is 16.7. The van der Waals surface area contributed by atoms with Gasteiger partial charge in [-0.05, 0) is 44.0 Å². The Kier molecular flexibility index (Phi) is 5.04. The Hall–Kier alpha value is -3.07. The van der Waals surface area contributed by atoms with Crippen LogP contribution in [0.3, 0.4) is 0 Å². The SMILES string of the molecule is Cc1cccc2nc(CSc3nnc(N4CCCC4)n3Cc3ccco3)cc(=O)n12. The third-order valence-electron chi connectivity index (χ3n) is 5.26. The predicted molar refractivity (Wildman–Crippen MR) is 115 cm³/mol. The molecule has 4 aromatic heterocycles. The lowest BCUT2D eigenvalue weighted by molar-refractivity contribution is 0.483. The van der Waals surface area contributed by atoms with Gasteiger partial charge in [-0.3, -0.25) is 13.8 Å². The highest BCUT2D eigenvalue weighted by atomic mass is 32.2. The first-order chi connectivity index (χ1) is 14.7. The van der Waals surface area contributed by atoms with Gasteiger partial charge in [0.25, 0.3) is 5.56 Å². The van der Waals surface area contributed by atoms with Crippen molar-refractivity contribution in [3.8, 4) is 0 Å². The second kappa shape index (κ2) is 7.98. The Balaban J connectivity index is 1.43. The molecular weight excluding hydrogens is 400 g/mol. The zero-order chi connectivity index (χ0) is 20.5. The number of rotatable bonds is 6. The smallest absolute Gasteiger partial charge is 0.258 e. The van der Waals surface area contributed by atoms with Crippen molar-refractivity contribution in [2.45, 2.75) is 37.2 Å². The Morgan fingerprint density at radius 1 is 1.13 bits per heavy atom. The molecule has 0 saturated carbocycles. The molecule has 4 aromatic rings. The van der Waals surface area contributed by atoms with Crippen molar-refractivity contribution in [2.75, 3.05) is 18.0 Å². The van der Waals surface area contributed by atoms with E-state index in [1.54, 1.807) is 16.7 Å². The third kappa shape index (κ3) is 3.60. The van der Waals surface area contributed by atoms with Gasteiger partial charge in [0.15, 0.2) is 5.16 Å². The minimum absolute atomic E-state index is 0.0662. The summed E-state index contributed by atoms with van der Waals surface area (Å²) in [4.78, 5) is 19.5. The van der Waals surface area contributed by atoms with Crippen LogP contribution in [0.2, 0.25) is 0 Å². The molecule has 0 atom stereocenters. The molecule has 8 nitrogen and oxygen atoms in total. The summed E-state index contributed by atoms with van der Waals surface area (Å²) in [6.45, 7) is 4.45. The lowest BCUT2D eigenvalue weighted by atomic mass is 10.3. The molecule has 5 rings (SSSR count). The van der Waals surface area contributed by atoms with Crippen molar-refractivity contribution in [3.05, 3.63) is 70.2 Å². The van der Waals surface area contributed by atoms with E-state index in [9.17, 15) is 4.79 Å². The fourth-order valence-electron chi connectivity index (χ4n) is 3.81. The summed E-state index contributed by atoms with van der Waals surface area (Å²) in [5.41, 5.74) is 2.19. The number of pyridine rings is 1. The van der Waals surface area contributed by atoms with Crippen LogP contribution in [0.1, 0.15) is 30.0 Å². The number of hydrogen-bond acceptors (Lipinski definition) is 7. The van der Waals surface area contributed by atoms with E-state index in [2.05, 4.69) is 24.6 Å². The van der Waals surface area contributed by atoms with Crippen LogP contribution in [0.5, 0.6) is 0 Å². The number of thioether (sulfide) groups is 1. The highest BCUT2D eigenvalue weighted by Gasteiger charge is 2.22. The maximum absolute atomic E-state index is 12.5. The minimum atomic E-state index is -0.0662. The quantitative estimate of drug-likeness (QED) is 0.442. The fourth-order valence-corrected chi connectivity index (χ4v) is 4.64. The van der Waals surface area contributed by atoms with Gasteiger partial charge in [0.05, 0.1) is 18.5 Å². The Morgan fingerprint density at radius 3 is 2.80 bits per heavy atom. The number of anilines is 1. The Bertz CT molecular complexity index is 1220. The standard InChI is InChI=1S/C21H22N6O2S/c1-15-6-4-8-18-22-16(12-19(28)27(15)18)14-30-21-24-23-20(25-9-2-3-10-25)26(21)13-17-7-5-11-29-17/h4-8,11-12H,2-3,9-10,13-14H2,1H3. The van der Waals surface area contributed by atoms with Gasteiger partial charge in [0.1, 0.15) is 11.4 Å². The van der Waals surface area contributed by atoms with Gasteiger partial charge < -0.3 is 9.32 Å². The third-order valence-corrected chi connectivity index (χ3v) is 6.26. The second-order valence-electron chi connectivity index (χ2n) is 7.38. The number of furan rings is 1. The summed E-state index contributed by atoms with van der Waals surface area (Å²) >= 11 is 1.53. The molecule has 0 unspecified atom stereocenters. The van der Waals surface area contributed by atoms with Gasteiger partial charge in [-0.15, -0.1) is 10.2 Å². The first-order valence-corrected chi connectivity index (χ1v) is 11.0. The average Bonchev–Trinajstić information content (AvgIpc) is 3.49. The molecule has 5 heterocycles. The lowest BCUT2D eigenvalue weighted by Crippen LogP contribution is -2.22. The van der Waals surface area contributed by atoms with Gasteiger partial charge >= 0.3 is 0 Å². The van der Waals surface area contributed by atoms with E-state index in [1.165, 1.54) is 24.6 Å². The molecule has 1 aliphatic rings. The zero-order valence-corrected chi connectivity index (χ0v) is 17.5. The topological polar surface area (TPSA) is 81.5 Å². The molecule has 0 amide bonds. The lowest BCUT2D eigenvalue weighted by Gasteiger charge is -2.17. The number of nitrogens with zero attached hydrogens (tertiary/aromatic N) is 6. The largest absolute Gasteiger partial charge is 0.467 e. The van der Waals surface area contributed by atoms with E-state index in [1.807, 2.05) is 37.3 Å². The number of aryl methyl sites for hydroxylation is 1. The molecule has 0 aliphatic carbocycles. The van der Waals surface area contributed by atoms with E-state index in [0.717, 1.165) is 41.3 Å². The highest BCUT2D eigenvalue weighted by molar-refractivity contribution is 7.98. The summed E-state index contributed by atoms with van der Waals surface area (Å²) in [6.07, 6.45) is 4.01. The first-order valence-electron chi connectivity index (χ1n) is 10.0. The number of hydrogen-bond donors (Lipinski definition) is 0. The summed E-state index contributed by atoms with van der Waals surface area (Å²) in [5.74, 6) is 2.26. The Labute approximate surface area is 177 Å². The van der Waals surface area contributed by atoms with Gasteiger partial charge in [-0.2, -0.15) is 0 Å². The number of fused-ring (bicyclic) bond motifs is 1. The van der Waals surface area contributed by atoms with Gasteiger partial charge in [-0.1, -0.05) is 17.8 Å². The first kappa shape index (κ1) is 18.9. The maximum atomic E-state index is 12.5. The van der Waals surface area contributed by atoms with E-state index in [0.29, 0.717) is 17.9 Å². The van der Waals surface area contributed by atoms with Crippen LogP contribution in [0, 0.1) is 6.92 Å². The van der Waals surface area contributed by atoms with E-state index < -0.39 is 0 Å². The molecule has 9 heteroatoms. The van der Waals surface area contributed by atoms with Crippen LogP contribution in [0.25, 0.3) is 5.65 Å². The van der Waals surface area contributed by atoms with Crippen LogP contribution in [0.4, 0.5) is 5.95 Å². The highest BCUT2D eigenvalue weighted by Crippen LogP contribution is 2.27. The molecule has 0 N–H and O–H groups in total. The van der Waals surface area contributed by atoms with Crippen molar-refractivity contribution in [1.82, 2.24) is 24.1 Å². The van der Waals surface area contributed by atoms with Gasteiger partial charge in [0.2, 0.25) is 5.95 Å². The van der Waals surface area contributed by atoms with E-state index >= 15 is 0 Å². The van der Waals surface area contributed by atoms with Crippen LogP contribution in [0.15, 0.2) is 57.0 Å². The second-order valence-corrected chi connectivity index (χ2v) is 8.32. The molecular formula is C21H22N6O2S. The molecule has 30 heavy (non-hydrogen) atoms. The van der Waals surface area contributed by atoms with Gasteiger partial charge in [-0.25, -0.2) is 4.98 Å². The Morgan fingerprint density at radius 2 is 2.00 bits per heavy atom. The van der Waals surface area contributed by atoms with Crippen molar-refractivity contribution < 1.29 is 4.42 Å². The molecule has 0 bridgehead atoms. The molecule has 1 saturated heterocycles. The molecule has 1 aliphatic heterocycles. The molecule has 0 radical (unpaired) electrons. The molecule has 0 spiro atoms. The van der Waals surface area contributed by atoms with Gasteiger partial charge in [0, 0.05) is 30.6 Å². The summed E-state index contributed by atoms with van der Waals surface area (Å²) in [7, 11) is 0. The van der Waals surface area contributed by atoms with E-state index in [-0.39, 0.29) is 5.56 Å². The maximum Gasteiger partial charge on any atom is 0.258 e. The monoisotopic (exact) mass is 422 g/mol. The van der Waals surface area contributed by atoms with Crippen molar-refractivity contribution >= 4 is 23.4 Å². The summed E-state index contributed by atoms with van der Waals surface area (Å²) in [5, 5.41) is 9.69. The van der Waals surface area contributed by atoms with Crippen molar-refractivity contribution in [2.24, 2.45) is 0 Å². The number of aromatic nitrogens is 5. The molecule has 154 valence electrons. The van der Waals surface area contributed by atoms with Crippen LogP contribution >= 0.6 is 11.8 Å². The predicted octanol–water partition coefficient (Wildman–Crippen LogP) is 3.13. The fraction of sp³-hybridized carbons (Fsp3) is 0.333. The van der Waals surface area contributed by atoms with Crippen LogP contribution in [-0.4, -0.2) is 37.2 Å². The summed E-state index contributed by atoms with van der Waals surface area (Å²) < 4.78 is 9.27. The van der Waals surface area contributed by atoms with Crippen LogP contribution in [-0.2, 0) is 12.3 Å². The summed E-state index contributed by atoms with van der Waals surface area (Å²) in [6, 6.07) is 11.1. The normalized spacial score (nSPS) is 14.1. The minimum Gasteiger partial charge on any atom is -0.467 e. The van der Waals surface area contributed by atoms with Crippen molar-refractivity contribution in [3.63, 3.8) is 0 Å². The molecule has 0 aromatic carbocycles. The van der Waals surface area contributed by atoms with E-state index in [4.69, 9.17) is 4.42 Å². The average molecular weight is 423 g/mol.